The first-order valence-corrected chi connectivity index (χ1v) is 13.0. The molecule has 3 aromatic carbocycles. The van der Waals surface area contributed by atoms with Crippen molar-refractivity contribution in [3.63, 3.8) is 0 Å². The molecule has 3 fully saturated rings. The summed E-state index contributed by atoms with van der Waals surface area (Å²) < 4.78 is 20.2. The van der Waals surface area contributed by atoms with Crippen molar-refractivity contribution in [1.82, 2.24) is 5.32 Å². The molecule has 1 amide bonds. The molecule has 4 N–H and O–H groups in total. The zero-order valence-corrected chi connectivity index (χ0v) is 20.6. The number of halogens is 1. The number of nitrogens with two attached hydrogens (primary N) is 1. The summed E-state index contributed by atoms with van der Waals surface area (Å²) in [6.45, 7) is 1.52. The van der Waals surface area contributed by atoms with Crippen LogP contribution in [-0.2, 0) is 4.74 Å². The predicted octanol–water partition coefficient (Wildman–Crippen LogP) is 5.07. The van der Waals surface area contributed by atoms with Gasteiger partial charge in [0.2, 0.25) is 0 Å². The van der Waals surface area contributed by atoms with Gasteiger partial charge in [0.1, 0.15) is 5.82 Å². The van der Waals surface area contributed by atoms with Crippen LogP contribution < -0.4 is 16.0 Å². The fraction of sp³-hybridized carbons (Fsp3) is 0.333. The molecule has 3 aromatic rings. The van der Waals surface area contributed by atoms with Gasteiger partial charge in [0.15, 0.2) is 0 Å². The van der Waals surface area contributed by atoms with Crippen molar-refractivity contribution in [2.24, 2.45) is 5.92 Å². The van der Waals surface area contributed by atoms with Gasteiger partial charge >= 0.3 is 0 Å². The average molecular weight is 499 g/mol. The molecule has 3 unspecified atom stereocenters. The Morgan fingerprint density at radius 1 is 0.973 bits per heavy atom. The normalized spacial score (nSPS) is 21.5. The Balaban J connectivity index is 1.21. The van der Waals surface area contributed by atoms with Gasteiger partial charge in [0.25, 0.3) is 5.91 Å². The molecular weight excluding hydrogens is 467 g/mol. The van der Waals surface area contributed by atoms with Crippen LogP contribution in [0, 0.1) is 17.1 Å². The molecule has 190 valence electrons. The highest BCUT2D eigenvalue weighted by molar-refractivity contribution is 6.15. The van der Waals surface area contributed by atoms with Gasteiger partial charge in [0.05, 0.1) is 37.1 Å². The molecule has 37 heavy (non-hydrogen) atoms. The highest BCUT2D eigenvalue weighted by Crippen LogP contribution is 2.42. The summed E-state index contributed by atoms with van der Waals surface area (Å²) in [5.41, 5.74) is 10.2. The number of morpholine rings is 1. The van der Waals surface area contributed by atoms with Crippen molar-refractivity contribution < 1.29 is 13.9 Å². The second-order valence-electron chi connectivity index (χ2n) is 10.4. The van der Waals surface area contributed by atoms with E-state index in [4.69, 9.17) is 15.9 Å². The number of fused-ring (bicyclic) bond motifs is 2. The third kappa shape index (κ3) is 4.60. The molecule has 0 spiro atoms. The number of hydrogen-bond donors (Lipinski definition) is 3. The predicted molar refractivity (Wildman–Crippen MR) is 143 cm³/mol. The zero-order chi connectivity index (χ0) is 25.5. The van der Waals surface area contributed by atoms with Crippen LogP contribution in [0.2, 0.25) is 0 Å². The van der Waals surface area contributed by atoms with Gasteiger partial charge in [-0.15, -0.1) is 0 Å². The number of ether oxygens (including phenoxy) is 1. The SMILES string of the molecule is N=C(c1ccc(N2C3CCC2COC3)cc1)c1cc(C(=O)NC(c2ccccc2F)C2CC2)ccc1N. The highest BCUT2D eigenvalue weighted by atomic mass is 19.1. The van der Waals surface area contributed by atoms with Crippen LogP contribution in [0.3, 0.4) is 0 Å². The number of nitrogens with one attached hydrogen (secondary N) is 2. The lowest BCUT2D eigenvalue weighted by Gasteiger charge is -2.36. The first-order chi connectivity index (χ1) is 18.0. The fourth-order valence-electron chi connectivity index (χ4n) is 5.75. The van der Waals surface area contributed by atoms with E-state index in [-0.39, 0.29) is 29.4 Å². The molecule has 1 saturated carbocycles. The Labute approximate surface area is 216 Å². The third-order valence-corrected chi connectivity index (χ3v) is 7.90. The Kier molecular flexibility index (Phi) is 6.16. The van der Waals surface area contributed by atoms with Crippen molar-refractivity contribution in [1.29, 1.82) is 5.41 Å². The molecule has 2 heterocycles. The number of hydrogen-bond acceptors (Lipinski definition) is 5. The van der Waals surface area contributed by atoms with Crippen LogP contribution >= 0.6 is 0 Å². The summed E-state index contributed by atoms with van der Waals surface area (Å²) >= 11 is 0. The van der Waals surface area contributed by atoms with Gasteiger partial charge in [0, 0.05) is 33.6 Å². The largest absolute Gasteiger partial charge is 0.398 e. The molecular formula is C30H31FN4O2. The Morgan fingerprint density at radius 2 is 1.65 bits per heavy atom. The van der Waals surface area contributed by atoms with Crippen LogP contribution in [-0.4, -0.2) is 36.9 Å². The fourth-order valence-corrected chi connectivity index (χ4v) is 5.75. The minimum atomic E-state index is -0.378. The molecule has 3 aliphatic rings. The van der Waals surface area contributed by atoms with E-state index in [2.05, 4.69) is 22.3 Å². The monoisotopic (exact) mass is 498 g/mol. The van der Waals surface area contributed by atoms with Gasteiger partial charge < -0.3 is 20.7 Å². The average Bonchev–Trinajstić information content (AvgIpc) is 3.73. The summed E-state index contributed by atoms with van der Waals surface area (Å²) in [6, 6.07) is 20.0. The number of nitrogens with zero attached hydrogens (tertiary/aromatic N) is 1. The van der Waals surface area contributed by atoms with E-state index < -0.39 is 0 Å². The van der Waals surface area contributed by atoms with Crippen LogP contribution in [0.1, 0.15) is 58.8 Å². The molecule has 6 nitrogen and oxygen atoms in total. The van der Waals surface area contributed by atoms with Gasteiger partial charge in [-0.1, -0.05) is 30.3 Å². The van der Waals surface area contributed by atoms with Crippen LogP contribution in [0.4, 0.5) is 15.8 Å². The summed E-state index contributed by atoms with van der Waals surface area (Å²) in [6.07, 6.45) is 4.20. The number of nitrogen functional groups attached to an aromatic ring is 1. The number of benzene rings is 3. The van der Waals surface area contributed by atoms with Gasteiger partial charge in [-0.2, -0.15) is 0 Å². The summed E-state index contributed by atoms with van der Waals surface area (Å²) in [7, 11) is 0. The Morgan fingerprint density at radius 3 is 2.32 bits per heavy atom. The molecule has 0 aromatic heterocycles. The molecule has 3 atom stereocenters. The maximum absolute atomic E-state index is 14.5. The third-order valence-electron chi connectivity index (χ3n) is 7.90. The van der Waals surface area contributed by atoms with Crippen LogP contribution in [0.15, 0.2) is 66.7 Å². The maximum atomic E-state index is 14.5. The van der Waals surface area contributed by atoms with E-state index in [0.717, 1.165) is 50.1 Å². The topological polar surface area (TPSA) is 91.4 Å². The lowest BCUT2D eigenvalue weighted by molar-refractivity contribution is 0.0906. The van der Waals surface area contributed by atoms with E-state index in [9.17, 15) is 9.18 Å². The number of amides is 1. The van der Waals surface area contributed by atoms with E-state index in [1.165, 1.54) is 6.07 Å². The molecule has 2 saturated heterocycles. The number of carbonyl (C=O) groups is 1. The minimum Gasteiger partial charge on any atom is -0.398 e. The van der Waals surface area contributed by atoms with Gasteiger partial charge in [-0.05, 0) is 68.0 Å². The number of anilines is 2. The molecule has 6 rings (SSSR count). The van der Waals surface area contributed by atoms with Crippen LogP contribution in [0.25, 0.3) is 0 Å². The van der Waals surface area contributed by atoms with Gasteiger partial charge in [-0.25, -0.2) is 4.39 Å². The summed E-state index contributed by atoms with van der Waals surface area (Å²) in [5, 5.41) is 11.9. The van der Waals surface area contributed by atoms with E-state index in [1.54, 1.807) is 36.4 Å². The Bertz CT molecular complexity index is 1320. The van der Waals surface area contributed by atoms with Crippen LogP contribution in [0.5, 0.6) is 0 Å². The van der Waals surface area contributed by atoms with Gasteiger partial charge in [-0.3, -0.25) is 10.2 Å². The molecule has 2 aliphatic heterocycles. The Hall–Kier alpha value is -3.71. The lowest BCUT2D eigenvalue weighted by Crippen LogP contribution is -2.45. The van der Waals surface area contributed by atoms with Crippen molar-refractivity contribution in [3.05, 3.63) is 94.8 Å². The summed E-state index contributed by atoms with van der Waals surface area (Å²) in [4.78, 5) is 15.7. The number of carbonyl (C=O) groups excluding carboxylic acids is 1. The second-order valence-corrected chi connectivity index (χ2v) is 10.4. The smallest absolute Gasteiger partial charge is 0.251 e. The zero-order valence-electron chi connectivity index (χ0n) is 20.6. The summed E-state index contributed by atoms with van der Waals surface area (Å²) in [5.74, 6) is -0.382. The maximum Gasteiger partial charge on any atom is 0.251 e. The van der Waals surface area contributed by atoms with Crippen molar-refractivity contribution >= 4 is 23.0 Å². The van der Waals surface area contributed by atoms with E-state index >= 15 is 0 Å². The minimum absolute atomic E-state index is 0.229. The lowest BCUT2D eigenvalue weighted by atomic mass is 9.97. The highest BCUT2D eigenvalue weighted by Gasteiger charge is 2.37. The van der Waals surface area contributed by atoms with Crippen molar-refractivity contribution in [2.75, 3.05) is 23.8 Å². The second kappa shape index (κ2) is 9.63. The number of rotatable bonds is 7. The standard InChI is InChI=1S/C30H31FN4O2/c31-26-4-2-1-3-24(26)29(19-5-6-19)34-30(36)20-9-14-27(32)25(15-20)28(33)18-7-10-21(11-8-18)35-22-12-13-23(35)17-37-16-22/h1-4,7-11,14-15,19,22-23,29,33H,5-6,12-13,16-17,32H2,(H,34,36). The van der Waals surface area contributed by atoms with Crippen molar-refractivity contribution in [2.45, 2.75) is 43.8 Å². The molecule has 1 aliphatic carbocycles. The van der Waals surface area contributed by atoms with E-state index in [1.807, 2.05) is 12.1 Å². The molecule has 7 heteroatoms. The quantitative estimate of drug-likeness (QED) is 0.313. The molecule has 2 bridgehead atoms. The first-order valence-electron chi connectivity index (χ1n) is 13.0. The van der Waals surface area contributed by atoms with E-state index in [0.29, 0.717) is 34.5 Å². The first kappa shape index (κ1) is 23.7. The van der Waals surface area contributed by atoms with Crippen molar-refractivity contribution in [3.8, 4) is 0 Å². The molecule has 0 radical (unpaired) electrons.